The van der Waals surface area contributed by atoms with Crippen molar-refractivity contribution in [2.24, 2.45) is 0 Å². The molecule has 1 aliphatic heterocycles. The Hall–Kier alpha value is -2.69. The molecule has 0 bridgehead atoms. The van der Waals surface area contributed by atoms with E-state index in [9.17, 15) is 4.79 Å². The van der Waals surface area contributed by atoms with Gasteiger partial charge in [0.15, 0.2) is 5.65 Å². The van der Waals surface area contributed by atoms with Crippen LogP contribution in [0.1, 0.15) is 80.0 Å². The molecule has 2 aromatic heterocycles. The van der Waals surface area contributed by atoms with Gasteiger partial charge in [0.1, 0.15) is 0 Å². The van der Waals surface area contributed by atoms with E-state index in [4.69, 9.17) is 4.98 Å². The molecule has 3 heterocycles. The van der Waals surface area contributed by atoms with Crippen LogP contribution >= 0.6 is 0 Å². The van der Waals surface area contributed by atoms with Crippen LogP contribution < -0.4 is 0 Å². The van der Waals surface area contributed by atoms with E-state index in [0.717, 1.165) is 48.2 Å². The first-order chi connectivity index (χ1) is 14.0. The molecule has 0 aliphatic carbocycles. The van der Waals surface area contributed by atoms with E-state index in [0.29, 0.717) is 5.92 Å². The molecule has 1 aromatic carbocycles. The SMILES string of the molecule is CC(C)c1cc(C(=O)N2CCC(c3ccccc3)CC2)c2cnn(C(C)C)c2n1. The predicted octanol–water partition coefficient (Wildman–Crippen LogP) is 5.16. The Labute approximate surface area is 172 Å². The third-order valence-corrected chi connectivity index (χ3v) is 5.95. The minimum Gasteiger partial charge on any atom is -0.339 e. The molecule has 1 amide bonds. The topological polar surface area (TPSA) is 51.0 Å². The Morgan fingerprint density at radius 2 is 1.76 bits per heavy atom. The predicted molar refractivity (Wildman–Crippen MR) is 116 cm³/mol. The zero-order valence-electron chi connectivity index (χ0n) is 17.8. The Morgan fingerprint density at radius 3 is 2.38 bits per heavy atom. The van der Waals surface area contributed by atoms with Crippen LogP contribution in [0.15, 0.2) is 42.6 Å². The second-order valence-corrected chi connectivity index (χ2v) is 8.65. The molecule has 5 nitrogen and oxygen atoms in total. The number of carbonyl (C=O) groups excluding carboxylic acids is 1. The van der Waals surface area contributed by atoms with Crippen molar-refractivity contribution in [3.8, 4) is 0 Å². The van der Waals surface area contributed by atoms with E-state index in [-0.39, 0.29) is 17.9 Å². The highest BCUT2D eigenvalue weighted by Gasteiger charge is 2.27. The van der Waals surface area contributed by atoms with Crippen molar-refractivity contribution in [2.75, 3.05) is 13.1 Å². The van der Waals surface area contributed by atoms with E-state index < -0.39 is 0 Å². The number of rotatable bonds is 4. The Morgan fingerprint density at radius 1 is 1.07 bits per heavy atom. The average Bonchev–Trinajstić information content (AvgIpc) is 3.17. The van der Waals surface area contributed by atoms with Crippen molar-refractivity contribution in [3.05, 3.63) is 59.4 Å². The standard InChI is InChI=1S/C24H30N4O/c1-16(2)22-14-20(21-15-25-28(17(3)4)23(21)26-22)24(29)27-12-10-19(11-13-27)18-8-6-5-7-9-18/h5-9,14-17,19H,10-13H2,1-4H3. The van der Waals surface area contributed by atoms with Gasteiger partial charge in [0.05, 0.1) is 17.1 Å². The summed E-state index contributed by atoms with van der Waals surface area (Å²) < 4.78 is 1.92. The minimum absolute atomic E-state index is 0.106. The zero-order valence-corrected chi connectivity index (χ0v) is 17.8. The molecule has 1 saturated heterocycles. The van der Waals surface area contributed by atoms with Gasteiger partial charge in [-0.3, -0.25) is 4.79 Å². The molecule has 0 unspecified atom stereocenters. The number of nitrogens with zero attached hydrogens (tertiary/aromatic N) is 4. The van der Waals surface area contributed by atoms with Crippen molar-refractivity contribution < 1.29 is 4.79 Å². The van der Waals surface area contributed by atoms with E-state index in [2.05, 4.69) is 63.1 Å². The van der Waals surface area contributed by atoms with Crippen molar-refractivity contribution >= 4 is 16.9 Å². The number of benzene rings is 1. The summed E-state index contributed by atoms with van der Waals surface area (Å²) in [6.07, 6.45) is 3.81. The fourth-order valence-electron chi connectivity index (χ4n) is 4.20. The van der Waals surface area contributed by atoms with Crippen molar-refractivity contribution in [3.63, 3.8) is 0 Å². The maximum Gasteiger partial charge on any atom is 0.254 e. The summed E-state index contributed by atoms with van der Waals surface area (Å²) in [7, 11) is 0. The molecular weight excluding hydrogens is 360 g/mol. The molecule has 5 heteroatoms. The van der Waals surface area contributed by atoms with Gasteiger partial charge in [0.2, 0.25) is 0 Å². The van der Waals surface area contributed by atoms with Crippen molar-refractivity contribution in [1.29, 1.82) is 0 Å². The van der Waals surface area contributed by atoms with Crippen LogP contribution in [0, 0.1) is 0 Å². The molecule has 0 atom stereocenters. The molecule has 3 aromatic rings. The van der Waals surface area contributed by atoms with E-state index >= 15 is 0 Å². The van der Waals surface area contributed by atoms with Gasteiger partial charge >= 0.3 is 0 Å². The third-order valence-electron chi connectivity index (χ3n) is 5.95. The monoisotopic (exact) mass is 390 g/mol. The highest BCUT2D eigenvalue weighted by molar-refractivity contribution is 6.05. The highest BCUT2D eigenvalue weighted by Crippen LogP contribution is 2.30. The zero-order chi connectivity index (χ0) is 20.5. The van der Waals surface area contributed by atoms with Crippen molar-refractivity contribution in [2.45, 2.75) is 58.4 Å². The molecule has 0 N–H and O–H groups in total. The lowest BCUT2D eigenvalue weighted by Crippen LogP contribution is -2.38. The summed E-state index contributed by atoms with van der Waals surface area (Å²) in [6, 6.07) is 12.8. The molecule has 152 valence electrons. The van der Waals surface area contributed by atoms with Crippen LogP contribution in [0.5, 0.6) is 0 Å². The van der Waals surface area contributed by atoms with Gasteiger partial charge in [-0.2, -0.15) is 5.10 Å². The van der Waals surface area contributed by atoms with Gasteiger partial charge in [-0.25, -0.2) is 9.67 Å². The van der Waals surface area contributed by atoms with Crippen molar-refractivity contribution in [1.82, 2.24) is 19.7 Å². The first kappa shape index (κ1) is 19.6. The fraction of sp³-hybridized carbons (Fsp3) is 0.458. The van der Waals surface area contributed by atoms with Crippen LogP contribution in [0.4, 0.5) is 0 Å². The molecule has 1 aliphatic rings. The molecule has 0 radical (unpaired) electrons. The lowest BCUT2D eigenvalue weighted by Gasteiger charge is -2.32. The number of aromatic nitrogens is 3. The quantitative estimate of drug-likeness (QED) is 0.619. The molecule has 4 rings (SSSR count). The van der Waals surface area contributed by atoms with E-state index in [1.165, 1.54) is 5.56 Å². The van der Waals surface area contributed by atoms with Gasteiger partial charge in [-0.05, 0) is 50.2 Å². The lowest BCUT2D eigenvalue weighted by atomic mass is 9.89. The number of hydrogen-bond acceptors (Lipinski definition) is 3. The summed E-state index contributed by atoms with van der Waals surface area (Å²) in [5, 5.41) is 5.38. The van der Waals surface area contributed by atoms with Crippen LogP contribution in [0.3, 0.4) is 0 Å². The van der Waals surface area contributed by atoms with Crippen LogP contribution in [0.2, 0.25) is 0 Å². The first-order valence-corrected chi connectivity index (χ1v) is 10.7. The summed E-state index contributed by atoms with van der Waals surface area (Å²) in [4.78, 5) is 20.3. The van der Waals surface area contributed by atoms with Crippen LogP contribution in [-0.2, 0) is 0 Å². The normalized spacial score (nSPS) is 15.6. The molecule has 1 fully saturated rings. The number of amides is 1. The summed E-state index contributed by atoms with van der Waals surface area (Å²) in [6.45, 7) is 9.99. The minimum atomic E-state index is 0.106. The molecule has 29 heavy (non-hydrogen) atoms. The number of fused-ring (bicyclic) bond motifs is 1. The van der Waals surface area contributed by atoms with Gasteiger partial charge in [0.25, 0.3) is 5.91 Å². The number of carbonyl (C=O) groups is 1. The smallest absolute Gasteiger partial charge is 0.254 e. The Kier molecular flexibility index (Phi) is 5.39. The third kappa shape index (κ3) is 3.78. The van der Waals surface area contributed by atoms with E-state index in [1.807, 2.05) is 15.6 Å². The summed E-state index contributed by atoms with van der Waals surface area (Å²) in [5.41, 5.74) is 3.88. The summed E-state index contributed by atoms with van der Waals surface area (Å²) >= 11 is 0. The largest absolute Gasteiger partial charge is 0.339 e. The Balaban J connectivity index is 1.62. The average molecular weight is 391 g/mol. The van der Waals surface area contributed by atoms with Crippen LogP contribution in [0.25, 0.3) is 11.0 Å². The highest BCUT2D eigenvalue weighted by atomic mass is 16.2. The Bertz CT molecular complexity index is 998. The first-order valence-electron chi connectivity index (χ1n) is 10.7. The number of likely N-dealkylation sites (tertiary alicyclic amines) is 1. The maximum atomic E-state index is 13.5. The second-order valence-electron chi connectivity index (χ2n) is 8.65. The van der Waals surface area contributed by atoms with Gasteiger partial charge in [0, 0.05) is 24.8 Å². The van der Waals surface area contributed by atoms with E-state index in [1.54, 1.807) is 6.20 Å². The summed E-state index contributed by atoms with van der Waals surface area (Å²) in [5.74, 6) is 0.895. The lowest BCUT2D eigenvalue weighted by molar-refractivity contribution is 0.0715. The van der Waals surface area contributed by atoms with Gasteiger partial charge < -0.3 is 4.90 Å². The van der Waals surface area contributed by atoms with Crippen LogP contribution in [-0.4, -0.2) is 38.7 Å². The second kappa shape index (κ2) is 7.97. The van der Waals surface area contributed by atoms with Gasteiger partial charge in [-0.15, -0.1) is 0 Å². The number of hydrogen-bond donors (Lipinski definition) is 0. The maximum absolute atomic E-state index is 13.5. The number of pyridine rings is 1. The van der Waals surface area contributed by atoms with Gasteiger partial charge in [-0.1, -0.05) is 44.2 Å². The molecule has 0 spiro atoms. The molecular formula is C24H30N4O. The molecule has 0 saturated carbocycles. The fourth-order valence-corrected chi connectivity index (χ4v) is 4.20. The number of piperidine rings is 1.